The van der Waals surface area contributed by atoms with E-state index in [-0.39, 0.29) is 22.9 Å². The molecule has 0 spiro atoms. The zero-order valence-corrected chi connectivity index (χ0v) is 16.4. The second-order valence-electron chi connectivity index (χ2n) is 8.11. The quantitative estimate of drug-likeness (QED) is 0.804. The molecule has 0 bridgehead atoms. The number of amides is 1. The number of hydrogen-bond donors (Lipinski definition) is 2. The van der Waals surface area contributed by atoms with Gasteiger partial charge in [0.15, 0.2) is 0 Å². The zero-order valence-electron chi connectivity index (χ0n) is 16.4. The number of halogens is 1. The highest BCUT2D eigenvalue weighted by molar-refractivity contribution is 5.98. The van der Waals surface area contributed by atoms with E-state index >= 15 is 4.39 Å². The summed E-state index contributed by atoms with van der Waals surface area (Å²) >= 11 is 0. The molecule has 0 atom stereocenters. The number of rotatable bonds is 3. The van der Waals surface area contributed by atoms with Gasteiger partial charge in [-0.1, -0.05) is 0 Å². The van der Waals surface area contributed by atoms with Crippen LogP contribution in [0.1, 0.15) is 29.2 Å². The number of anilines is 1. The summed E-state index contributed by atoms with van der Waals surface area (Å²) in [5.74, 6) is -0.648. The highest BCUT2D eigenvalue weighted by atomic mass is 19.1. The number of hydrogen-bond acceptors (Lipinski definition) is 5. The Hall–Kier alpha value is -2.45. The predicted molar refractivity (Wildman–Crippen MR) is 110 cm³/mol. The predicted octanol–water partition coefficient (Wildman–Crippen LogP) is 0.931. The third-order valence-electron chi connectivity index (χ3n) is 6.13. The molecule has 1 aromatic carbocycles. The molecule has 154 valence electrons. The summed E-state index contributed by atoms with van der Waals surface area (Å²) in [6.45, 7) is 5.69. The van der Waals surface area contributed by atoms with Crippen LogP contribution in [0.5, 0.6) is 0 Å². The maximum Gasteiger partial charge on any atom is 0.259 e. The smallest absolute Gasteiger partial charge is 0.259 e. The van der Waals surface area contributed by atoms with E-state index in [1.807, 2.05) is 9.47 Å². The third kappa shape index (κ3) is 3.40. The van der Waals surface area contributed by atoms with Crippen LogP contribution in [0.25, 0.3) is 10.9 Å². The summed E-state index contributed by atoms with van der Waals surface area (Å²) < 4.78 is 17.0. The van der Waals surface area contributed by atoms with Gasteiger partial charge >= 0.3 is 0 Å². The molecule has 7 nitrogen and oxygen atoms in total. The minimum atomic E-state index is -0.398. The van der Waals surface area contributed by atoms with Crippen molar-refractivity contribution >= 4 is 22.5 Å². The minimum Gasteiger partial charge on any atom is -0.367 e. The van der Waals surface area contributed by atoms with Crippen LogP contribution < -0.4 is 21.0 Å². The molecule has 1 amide bonds. The topological polar surface area (TPSA) is 69.6 Å². The highest BCUT2D eigenvalue weighted by Crippen LogP contribution is 2.38. The van der Waals surface area contributed by atoms with E-state index in [2.05, 4.69) is 10.6 Å². The summed E-state index contributed by atoms with van der Waals surface area (Å²) in [6.07, 6.45) is 3.74. The standard InChI is InChI=1S/C21H26FN5O2/c22-17-11-15-18(12-19(17)25-7-3-23-4-8-25)27(14-1-2-14)13-16(20(15)28)21(29)26-9-5-24-6-10-26/h11-14,23-24H,1-10H2. The van der Waals surface area contributed by atoms with E-state index in [0.29, 0.717) is 24.2 Å². The molecule has 3 fully saturated rings. The minimum absolute atomic E-state index is 0.153. The van der Waals surface area contributed by atoms with Crippen molar-refractivity contribution in [2.45, 2.75) is 18.9 Å². The SMILES string of the molecule is O=C(c1cn(C2CC2)c2cc(N3CCNCC3)c(F)cc2c1=O)N1CCNCC1. The van der Waals surface area contributed by atoms with Gasteiger partial charge in [-0.2, -0.15) is 0 Å². The van der Waals surface area contributed by atoms with E-state index in [4.69, 9.17) is 0 Å². The molecule has 1 aliphatic carbocycles. The van der Waals surface area contributed by atoms with Crippen LogP contribution in [0.4, 0.5) is 10.1 Å². The monoisotopic (exact) mass is 399 g/mol. The van der Waals surface area contributed by atoms with Gasteiger partial charge in [-0.25, -0.2) is 4.39 Å². The van der Waals surface area contributed by atoms with Gasteiger partial charge in [-0.15, -0.1) is 0 Å². The van der Waals surface area contributed by atoms with Crippen LogP contribution in [-0.4, -0.2) is 67.7 Å². The van der Waals surface area contributed by atoms with Crippen molar-refractivity contribution in [3.63, 3.8) is 0 Å². The first-order valence-corrected chi connectivity index (χ1v) is 10.5. The third-order valence-corrected chi connectivity index (χ3v) is 6.13. The normalized spacial score (nSPS) is 20.3. The van der Waals surface area contributed by atoms with Crippen LogP contribution >= 0.6 is 0 Å². The summed E-state index contributed by atoms with van der Waals surface area (Å²) in [6, 6.07) is 3.41. The first kappa shape index (κ1) is 18.6. The first-order chi connectivity index (χ1) is 14.1. The lowest BCUT2D eigenvalue weighted by Crippen LogP contribution is -2.47. The van der Waals surface area contributed by atoms with E-state index < -0.39 is 5.82 Å². The number of fused-ring (bicyclic) bond motifs is 1. The molecular weight excluding hydrogens is 373 g/mol. The van der Waals surface area contributed by atoms with Crippen LogP contribution in [-0.2, 0) is 0 Å². The molecule has 2 saturated heterocycles. The van der Waals surface area contributed by atoms with Crippen molar-refractivity contribution < 1.29 is 9.18 Å². The fourth-order valence-corrected chi connectivity index (χ4v) is 4.35. The highest BCUT2D eigenvalue weighted by Gasteiger charge is 2.29. The van der Waals surface area contributed by atoms with Crippen LogP contribution in [0.2, 0.25) is 0 Å². The number of piperazine rings is 2. The van der Waals surface area contributed by atoms with Crippen molar-refractivity contribution in [2.24, 2.45) is 0 Å². The maximum absolute atomic E-state index is 15.0. The van der Waals surface area contributed by atoms with Gasteiger partial charge in [0.25, 0.3) is 5.91 Å². The Kier molecular flexibility index (Phi) is 4.75. The van der Waals surface area contributed by atoms with E-state index in [1.54, 1.807) is 17.2 Å². The molecule has 1 aromatic heterocycles. The second kappa shape index (κ2) is 7.42. The van der Waals surface area contributed by atoms with Crippen LogP contribution in [0.15, 0.2) is 23.1 Å². The summed E-state index contributed by atoms with van der Waals surface area (Å²) in [5.41, 5.74) is 1.05. The van der Waals surface area contributed by atoms with Crippen molar-refractivity contribution in [3.05, 3.63) is 39.9 Å². The number of nitrogens with zero attached hydrogens (tertiary/aromatic N) is 3. The van der Waals surface area contributed by atoms with Gasteiger partial charge in [0.05, 0.1) is 11.2 Å². The number of aromatic nitrogens is 1. The van der Waals surface area contributed by atoms with E-state index in [0.717, 1.165) is 57.6 Å². The fraction of sp³-hybridized carbons (Fsp3) is 0.524. The molecule has 3 aliphatic rings. The lowest BCUT2D eigenvalue weighted by Gasteiger charge is -2.30. The summed E-state index contributed by atoms with van der Waals surface area (Å²) in [4.78, 5) is 29.9. The van der Waals surface area contributed by atoms with Gasteiger partial charge in [-0.05, 0) is 25.0 Å². The Labute approximate surface area is 168 Å². The lowest BCUT2D eigenvalue weighted by molar-refractivity contribution is 0.0734. The first-order valence-electron chi connectivity index (χ1n) is 10.5. The van der Waals surface area contributed by atoms with Gasteiger partial charge in [0.1, 0.15) is 11.4 Å². The molecular formula is C21H26FN5O2. The van der Waals surface area contributed by atoms with Crippen molar-refractivity contribution in [2.75, 3.05) is 57.3 Å². The molecule has 29 heavy (non-hydrogen) atoms. The number of pyridine rings is 1. The Morgan fingerprint density at radius 2 is 1.66 bits per heavy atom. The zero-order chi connectivity index (χ0) is 20.0. The summed E-state index contributed by atoms with van der Waals surface area (Å²) in [5, 5.41) is 6.79. The second-order valence-corrected chi connectivity index (χ2v) is 8.11. The summed E-state index contributed by atoms with van der Waals surface area (Å²) in [7, 11) is 0. The lowest BCUT2D eigenvalue weighted by atomic mass is 10.1. The molecule has 0 radical (unpaired) electrons. The average Bonchev–Trinajstić information content (AvgIpc) is 3.60. The van der Waals surface area contributed by atoms with Crippen molar-refractivity contribution in [1.29, 1.82) is 0 Å². The van der Waals surface area contributed by atoms with E-state index in [9.17, 15) is 9.59 Å². The van der Waals surface area contributed by atoms with Crippen LogP contribution in [0.3, 0.4) is 0 Å². The molecule has 3 heterocycles. The fourth-order valence-electron chi connectivity index (χ4n) is 4.35. The molecule has 1 saturated carbocycles. The number of benzene rings is 1. The molecule has 2 N–H and O–H groups in total. The number of carbonyl (C=O) groups excluding carboxylic acids is 1. The van der Waals surface area contributed by atoms with Gasteiger partial charge in [-0.3, -0.25) is 9.59 Å². The van der Waals surface area contributed by atoms with Crippen molar-refractivity contribution in [1.82, 2.24) is 20.1 Å². The molecule has 2 aromatic rings. The number of nitrogens with one attached hydrogen (secondary N) is 2. The van der Waals surface area contributed by atoms with E-state index in [1.165, 1.54) is 6.07 Å². The van der Waals surface area contributed by atoms with Gasteiger partial charge in [0, 0.05) is 70.0 Å². The van der Waals surface area contributed by atoms with Crippen molar-refractivity contribution in [3.8, 4) is 0 Å². The Morgan fingerprint density at radius 3 is 2.31 bits per heavy atom. The largest absolute Gasteiger partial charge is 0.367 e. The maximum atomic E-state index is 15.0. The van der Waals surface area contributed by atoms with Gasteiger partial charge in [0.2, 0.25) is 5.43 Å². The molecule has 2 aliphatic heterocycles. The Bertz CT molecular complexity index is 1000. The van der Waals surface area contributed by atoms with Gasteiger partial charge < -0.3 is 25.0 Å². The molecule has 5 rings (SSSR count). The number of carbonyl (C=O) groups is 1. The molecule has 0 unspecified atom stereocenters. The van der Waals surface area contributed by atoms with Crippen LogP contribution in [0, 0.1) is 5.82 Å². The Balaban J connectivity index is 1.63. The Morgan fingerprint density at radius 1 is 1.00 bits per heavy atom. The molecule has 8 heteroatoms. The average molecular weight is 399 g/mol.